The minimum absolute atomic E-state index is 0.0529. The molecule has 0 aromatic heterocycles. The van der Waals surface area contributed by atoms with E-state index in [9.17, 15) is 4.79 Å². The Labute approximate surface area is 111 Å². The molecule has 0 saturated carbocycles. The van der Waals surface area contributed by atoms with Gasteiger partial charge in [0.05, 0.1) is 12.1 Å². The molecule has 0 aliphatic heterocycles. The van der Waals surface area contributed by atoms with Crippen LogP contribution >= 0.6 is 15.9 Å². The lowest BCUT2D eigenvalue weighted by Crippen LogP contribution is -2.44. The van der Waals surface area contributed by atoms with Crippen LogP contribution in [0.4, 0.5) is 0 Å². The van der Waals surface area contributed by atoms with Gasteiger partial charge < -0.3 is 11.1 Å². The molecular weight excluding hydrogens is 280 g/mol. The van der Waals surface area contributed by atoms with Gasteiger partial charge in [-0.25, -0.2) is 0 Å². The van der Waals surface area contributed by atoms with Crippen molar-refractivity contribution in [3.63, 3.8) is 0 Å². The average Bonchev–Trinajstić information content (AvgIpc) is 2.28. The molecule has 0 aliphatic rings. The summed E-state index contributed by atoms with van der Waals surface area (Å²) < 4.78 is 0.992. The number of carbonyl (C=O) groups excluding carboxylic acids is 1. The number of carbonyl (C=O) groups is 1. The molecule has 0 spiro atoms. The van der Waals surface area contributed by atoms with Crippen LogP contribution in [0.3, 0.4) is 0 Å². The Balaban J connectivity index is 2.70. The molecule has 1 amide bonds. The third-order valence-corrected chi connectivity index (χ3v) is 3.47. The predicted molar refractivity (Wildman–Crippen MR) is 73.5 cm³/mol. The normalized spacial score (nSPS) is 14.5. The van der Waals surface area contributed by atoms with Crippen molar-refractivity contribution in [1.29, 1.82) is 0 Å². The van der Waals surface area contributed by atoms with Gasteiger partial charge in [0.25, 0.3) is 0 Å². The molecule has 1 aromatic carbocycles. The van der Waals surface area contributed by atoms with E-state index in [2.05, 4.69) is 21.2 Å². The summed E-state index contributed by atoms with van der Waals surface area (Å²) in [5, 5.41) is 2.92. The van der Waals surface area contributed by atoms with Gasteiger partial charge in [-0.3, -0.25) is 4.79 Å². The fraction of sp³-hybridized carbons (Fsp3) is 0.462. The lowest BCUT2D eigenvalue weighted by atomic mass is 10.0. The second kappa shape index (κ2) is 6.17. The molecule has 3 nitrogen and oxygen atoms in total. The molecule has 2 atom stereocenters. The van der Waals surface area contributed by atoms with E-state index in [-0.39, 0.29) is 17.9 Å². The lowest BCUT2D eigenvalue weighted by Gasteiger charge is -2.20. The number of nitrogens with one attached hydrogen (secondary N) is 1. The van der Waals surface area contributed by atoms with Gasteiger partial charge in [-0.15, -0.1) is 0 Å². The number of amides is 1. The van der Waals surface area contributed by atoms with Crippen LogP contribution in [0.15, 0.2) is 28.7 Å². The van der Waals surface area contributed by atoms with E-state index in [0.29, 0.717) is 0 Å². The number of rotatable bonds is 4. The molecule has 0 heterocycles. The molecule has 0 radical (unpaired) electrons. The Hall–Kier alpha value is -0.870. The molecule has 1 rings (SSSR count). The molecule has 3 N–H and O–H groups in total. The van der Waals surface area contributed by atoms with Crippen molar-refractivity contribution >= 4 is 21.8 Å². The number of halogens is 1. The first-order valence-corrected chi connectivity index (χ1v) is 6.53. The summed E-state index contributed by atoms with van der Waals surface area (Å²) in [6.07, 6.45) is 0. The van der Waals surface area contributed by atoms with Gasteiger partial charge >= 0.3 is 0 Å². The predicted octanol–water partition coefficient (Wildman–Crippen LogP) is 2.61. The third-order valence-electron chi connectivity index (χ3n) is 2.75. The maximum absolute atomic E-state index is 11.8. The highest BCUT2D eigenvalue weighted by molar-refractivity contribution is 9.10. The zero-order valence-corrected chi connectivity index (χ0v) is 12.0. The van der Waals surface area contributed by atoms with Gasteiger partial charge in [0.1, 0.15) is 0 Å². The van der Waals surface area contributed by atoms with Crippen LogP contribution in [0.2, 0.25) is 0 Å². The van der Waals surface area contributed by atoms with Crippen LogP contribution in [0.25, 0.3) is 0 Å². The van der Waals surface area contributed by atoms with E-state index in [1.54, 1.807) is 0 Å². The fourth-order valence-electron chi connectivity index (χ4n) is 1.52. The molecule has 1 aromatic rings. The topological polar surface area (TPSA) is 55.1 Å². The van der Waals surface area contributed by atoms with Crippen LogP contribution in [-0.2, 0) is 4.79 Å². The minimum Gasteiger partial charge on any atom is -0.348 e. The van der Waals surface area contributed by atoms with Crippen molar-refractivity contribution in [2.45, 2.75) is 32.9 Å². The largest absolute Gasteiger partial charge is 0.348 e. The van der Waals surface area contributed by atoms with Crippen molar-refractivity contribution in [2.24, 2.45) is 11.7 Å². The van der Waals surface area contributed by atoms with Crippen LogP contribution in [0.1, 0.15) is 32.4 Å². The molecule has 0 aliphatic carbocycles. The van der Waals surface area contributed by atoms with Crippen molar-refractivity contribution in [3.8, 4) is 0 Å². The zero-order chi connectivity index (χ0) is 13.0. The SMILES string of the molecule is CC(C)[C@H](N)C(=O)N[C@H](C)c1ccccc1Br. The van der Waals surface area contributed by atoms with Crippen molar-refractivity contribution in [3.05, 3.63) is 34.3 Å². The molecule has 17 heavy (non-hydrogen) atoms. The second-order valence-electron chi connectivity index (χ2n) is 4.52. The van der Waals surface area contributed by atoms with E-state index < -0.39 is 6.04 Å². The first kappa shape index (κ1) is 14.2. The van der Waals surface area contributed by atoms with E-state index in [1.807, 2.05) is 45.0 Å². The molecule has 4 heteroatoms. The van der Waals surface area contributed by atoms with Gasteiger partial charge in [-0.05, 0) is 24.5 Å². The first-order chi connectivity index (χ1) is 7.93. The van der Waals surface area contributed by atoms with E-state index in [0.717, 1.165) is 10.0 Å². The Bertz CT molecular complexity index is 393. The van der Waals surface area contributed by atoms with Gasteiger partial charge in [-0.1, -0.05) is 48.0 Å². The Morgan fingerprint density at radius 2 is 1.88 bits per heavy atom. The minimum atomic E-state index is -0.458. The fourth-order valence-corrected chi connectivity index (χ4v) is 2.14. The van der Waals surface area contributed by atoms with Gasteiger partial charge in [0, 0.05) is 4.47 Å². The molecular formula is C13H19BrN2O. The molecule has 0 fully saturated rings. The van der Waals surface area contributed by atoms with Crippen LogP contribution in [0, 0.1) is 5.92 Å². The molecule has 0 unspecified atom stereocenters. The quantitative estimate of drug-likeness (QED) is 0.898. The first-order valence-electron chi connectivity index (χ1n) is 5.74. The Kier molecular flexibility index (Phi) is 5.15. The Morgan fingerprint density at radius 1 is 1.29 bits per heavy atom. The van der Waals surface area contributed by atoms with Crippen LogP contribution in [-0.4, -0.2) is 11.9 Å². The third kappa shape index (κ3) is 3.82. The highest BCUT2D eigenvalue weighted by atomic mass is 79.9. The van der Waals surface area contributed by atoms with Crippen LogP contribution < -0.4 is 11.1 Å². The van der Waals surface area contributed by atoms with Crippen LogP contribution in [0.5, 0.6) is 0 Å². The summed E-state index contributed by atoms with van der Waals surface area (Å²) in [5.74, 6) is 0.0321. The summed E-state index contributed by atoms with van der Waals surface area (Å²) in [7, 11) is 0. The standard InChI is InChI=1S/C13H19BrN2O/c1-8(2)12(15)13(17)16-9(3)10-6-4-5-7-11(10)14/h4-9,12H,15H2,1-3H3,(H,16,17)/t9-,12+/m1/s1. The van der Waals surface area contributed by atoms with Gasteiger partial charge in [0.15, 0.2) is 0 Å². The number of hydrogen-bond donors (Lipinski definition) is 2. The average molecular weight is 299 g/mol. The second-order valence-corrected chi connectivity index (χ2v) is 5.38. The molecule has 0 saturated heterocycles. The molecule has 94 valence electrons. The maximum Gasteiger partial charge on any atom is 0.237 e. The molecule has 0 bridgehead atoms. The lowest BCUT2D eigenvalue weighted by molar-refractivity contribution is -0.123. The van der Waals surface area contributed by atoms with E-state index in [4.69, 9.17) is 5.73 Å². The zero-order valence-electron chi connectivity index (χ0n) is 10.4. The number of hydrogen-bond acceptors (Lipinski definition) is 2. The van der Waals surface area contributed by atoms with Gasteiger partial charge in [0.2, 0.25) is 5.91 Å². The number of nitrogens with two attached hydrogens (primary N) is 1. The smallest absolute Gasteiger partial charge is 0.237 e. The highest BCUT2D eigenvalue weighted by Gasteiger charge is 2.20. The monoisotopic (exact) mass is 298 g/mol. The summed E-state index contributed by atoms with van der Waals surface area (Å²) in [5.41, 5.74) is 6.85. The van der Waals surface area contributed by atoms with E-state index in [1.165, 1.54) is 0 Å². The summed E-state index contributed by atoms with van der Waals surface area (Å²) >= 11 is 3.47. The van der Waals surface area contributed by atoms with Crippen molar-refractivity contribution in [1.82, 2.24) is 5.32 Å². The van der Waals surface area contributed by atoms with E-state index >= 15 is 0 Å². The van der Waals surface area contributed by atoms with Crippen molar-refractivity contribution in [2.75, 3.05) is 0 Å². The maximum atomic E-state index is 11.8. The number of benzene rings is 1. The summed E-state index contributed by atoms with van der Waals surface area (Å²) in [6, 6.07) is 7.33. The summed E-state index contributed by atoms with van der Waals surface area (Å²) in [4.78, 5) is 11.8. The Morgan fingerprint density at radius 3 is 2.41 bits per heavy atom. The van der Waals surface area contributed by atoms with Crippen molar-refractivity contribution < 1.29 is 4.79 Å². The van der Waals surface area contributed by atoms with Gasteiger partial charge in [-0.2, -0.15) is 0 Å². The highest BCUT2D eigenvalue weighted by Crippen LogP contribution is 2.22. The summed E-state index contributed by atoms with van der Waals surface area (Å²) in [6.45, 7) is 5.83.